The van der Waals surface area contributed by atoms with Crippen LogP contribution in [-0.4, -0.2) is 47.1 Å². The van der Waals surface area contributed by atoms with Crippen LogP contribution in [0.4, 0.5) is 0 Å². The van der Waals surface area contributed by atoms with Gasteiger partial charge in [-0.1, -0.05) is 0 Å². The number of carbonyl (C=O) groups excluding carboxylic acids is 1. The monoisotopic (exact) mass is 299 g/mol. The van der Waals surface area contributed by atoms with Crippen molar-refractivity contribution in [2.75, 3.05) is 13.3 Å². The molecule has 1 rings (SSSR count). The van der Waals surface area contributed by atoms with E-state index in [0.717, 1.165) is 6.66 Å². The largest absolute Gasteiger partial charge is 1.00 e. The van der Waals surface area contributed by atoms with Crippen molar-refractivity contribution in [3.63, 3.8) is 0 Å². The van der Waals surface area contributed by atoms with Crippen LogP contribution in [0.5, 0.6) is 0 Å². The molecule has 0 spiro atoms. The minimum Gasteiger partial charge on any atom is -0.870 e. The van der Waals surface area contributed by atoms with Crippen LogP contribution >= 0.6 is 7.60 Å². The molecule has 8 nitrogen and oxygen atoms in total. The zero-order valence-corrected chi connectivity index (χ0v) is 15.1. The van der Waals surface area contributed by atoms with Gasteiger partial charge in [-0.25, -0.2) is 0 Å². The van der Waals surface area contributed by atoms with E-state index in [-0.39, 0.29) is 64.6 Å². The van der Waals surface area contributed by atoms with Crippen LogP contribution in [-0.2, 0) is 18.6 Å². The van der Waals surface area contributed by atoms with E-state index in [0.29, 0.717) is 0 Å². The Bertz CT molecular complexity index is 340. The van der Waals surface area contributed by atoms with E-state index in [9.17, 15) is 14.3 Å². The molecule has 0 aromatic carbocycles. The average molecular weight is 299 g/mol. The van der Waals surface area contributed by atoms with Crippen LogP contribution in [0.2, 0.25) is 0 Å². The van der Waals surface area contributed by atoms with E-state index in [1.165, 1.54) is 0 Å². The molecule has 18 heavy (non-hydrogen) atoms. The van der Waals surface area contributed by atoms with Gasteiger partial charge in [-0.05, 0) is 0 Å². The van der Waals surface area contributed by atoms with Crippen molar-refractivity contribution in [2.45, 2.75) is 12.2 Å². The van der Waals surface area contributed by atoms with Crippen molar-refractivity contribution in [1.29, 1.82) is 0 Å². The molecule has 0 saturated heterocycles. The summed E-state index contributed by atoms with van der Waals surface area (Å²) >= 11 is 0. The molecular weight excluding hydrogens is 289 g/mol. The number of hydrogen-bond donors (Lipinski definition) is 2. The second kappa shape index (κ2) is 9.90. The molecule has 0 bridgehead atoms. The predicted molar refractivity (Wildman–Crippen MR) is 46.3 cm³/mol. The van der Waals surface area contributed by atoms with Crippen molar-refractivity contribution < 1.29 is 98.3 Å². The average Bonchev–Trinajstić information content (AvgIpc) is 2.44. The fourth-order valence-corrected chi connectivity index (χ4v) is 1.35. The molecule has 0 amide bonds. The van der Waals surface area contributed by atoms with Crippen LogP contribution in [0.3, 0.4) is 0 Å². The summed E-state index contributed by atoms with van der Waals surface area (Å²) in [6, 6.07) is 0. The van der Waals surface area contributed by atoms with E-state index < -0.39 is 38.1 Å². The maximum atomic E-state index is 11.0. The number of aliphatic hydroxyl groups excluding tert-OH is 2. The summed E-state index contributed by atoms with van der Waals surface area (Å²) in [7, 11) is -4.11. The quantitative estimate of drug-likeness (QED) is 0.225. The van der Waals surface area contributed by atoms with Gasteiger partial charge in [-0.15, -0.1) is 0 Å². The van der Waals surface area contributed by atoms with Crippen molar-refractivity contribution in [1.82, 2.24) is 0 Å². The van der Waals surface area contributed by atoms with Crippen molar-refractivity contribution in [2.24, 2.45) is 0 Å². The Balaban J connectivity index is -0.000000750. The summed E-state index contributed by atoms with van der Waals surface area (Å²) in [6.45, 7) is 0.143. The zero-order valence-electron chi connectivity index (χ0n) is 10.2. The first-order valence-corrected chi connectivity index (χ1v) is 5.94. The van der Waals surface area contributed by atoms with Gasteiger partial charge in [0.2, 0.25) is 5.97 Å². The Kier molecular flexibility index (Phi) is 13.3. The Morgan fingerprint density at radius 1 is 1.61 bits per heavy atom. The maximum Gasteiger partial charge on any atom is 1.00 e. The zero-order chi connectivity index (χ0) is 11.6. The predicted octanol–water partition coefficient (Wildman–Crippen LogP) is -8.02. The molecule has 0 aliphatic carbocycles. The Morgan fingerprint density at radius 3 is 2.50 bits per heavy atom. The Hall–Kier alpha value is 1.08. The van der Waals surface area contributed by atoms with E-state index in [4.69, 9.17) is 10.2 Å². The van der Waals surface area contributed by atoms with E-state index in [2.05, 4.69) is 15.3 Å². The number of ether oxygens (including phenoxy) is 1. The van der Waals surface area contributed by atoms with Gasteiger partial charge in [0.05, 0.1) is 18.8 Å². The summed E-state index contributed by atoms with van der Waals surface area (Å²) in [5.74, 6) is -1.65. The third kappa shape index (κ3) is 7.62. The summed E-state index contributed by atoms with van der Waals surface area (Å²) in [5, 5.41) is 17.6. The fourth-order valence-electron chi connectivity index (χ4n) is 0.886. The van der Waals surface area contributed by atoms with Gasteiger partial charge in [0.25, 0.3) is 0 Å². The molecule has 1 heterocycles. The van der Waals surface area contributed by atoms with Crippen LogP contribution in [0.1, 0.15) is 0 Å². The molecule has 3 atom stereocenters. The van der Waals surface area contributed by atoms with Crippen molar-refractivity contribution >= 4 is 13.6 Å². The Morgan fingerprint density at radius 2 is 2.11 bits per heavy atom. The molecule has 3 N–H and O–H groups in total. The molecule has 0 aromatic heterocycles. The molecule has 0 saturated carbocycles. The molecule has 11 heteroatoms. The van der Waals surface area contributed by atoms with Crippen molar-refractivity contribution in [3.8, 4) is 0 Å². The molecule has 0 radical (unpaired) electrons. The molecule has 0 aromatic rings. The number of carbonyl (C=O) groups is 1. The molecule has 1 aliphatic rings. The van der Waals surface area contributed by atoms with Gasteiger partial charge in [0.15, 0.2) is 7.60 Å². The first-order chi connectivity index (χ1) is 6.83. The topological polar surface area (TPSA) is 146 Å². The summed E-state index contributed by atoms with van der Waals surface area (Å²) < 4.78 is 19.5. The van der Waals surface area contributed by atoms with Gasteiger partial charge < -0.3 is 34.6 Å². The first kappa shape index (κ1) is 24.1. The maximum absolute atomic E-state index is 11.0. The van der Waals surface area contributed by atoms with Gasteiger partial charge in [-0.2, -0.15) is 6.08 Å². The second-order valence-electron chi connectivity index (χ2n) is 2.91. The number of hydrogen-bond acceptors (Lipinski definition) is 8. The molecule has 0 fully saturated rings. The summed E-state index contributed by atoms with van der Waals surface area (Å²) in [4.78, 5) is 21.7. The molecule has 1 aliphatic heterocycles. The number of esters is 1. The molecule has 3 unspecified atom stereocenters. The van der Waals surface area contributed by atoms with E-state index in [1.54, 1.807) is 0 Å². The Labute approximate surface area is 148 Å². The SMILES string of the molecule is CP(=O)([O-])OC1=[C-]C(C(O)CO)OC1=O.[Na+].[Na+].[OH-]. The molecular formula is C7H10Na2O8P-. The van der Waals surface area contributed by atoms with Crippen LogP contribution in [0, 0.1) is 6.08 Å². The number of cyclic esters (lactones) is 1. The number of aliphatic hydroxyl groups is 2. The first-order valence-electron chi connectivity index (χ1n) is 3.95. The standard InChI is InChI=1S/C7H10O7P.2Na.H2O/c1-15(11,12)14-6-2-5(4(9)3-8)13-7(6)10;;;/h4-5,8-9H,3H2,1H3,(H,11,12);;;1H2/q-1;2*+1;/p-2. The van der Waals surface area contributed by atoms with E-state index >= 15 is 0 Å². The smallest absolute Gasteiger partial charge is 0.870 e. The fraction of sp³-hybridized carbons (Fsp3) is 0.571. The third-order valence-corrected chi connectivity index (χ3v) is 2.00. The van der Waals surface area contributed by atoms with Gasteiger partial charge in [-0.3, -0.25) is 4.57 Å². The number of rotatable bonds is 4. The third-order valence-electron chi connectivity index (χ3n) is 1.49. The summed E-state index contributed by atoms with van der Waals surface area (Å²) in [5.41, 5.74) is 0. The normalized spacial score (nSPS) is 22.1. The minimum atomic E-state index is -4.11. The van der Waals surface area contributed by atoms with Gasteiger partial charge in [0.1, 0.15) is 0 Å². The summed E-state index contributed by atoms with van der Waals surface area (Å²) in [6.07, 6.45) is -0.365. The van der Waals surface area contributed by atoms with Crippen molar-refractivity contribution in [3.05, 3.63) is 11.8 Å². The van der Waals surface area contributed by atoms with E-state index in [1.807, 2.05) is 0 Å². The van der Waals surface area contributed by atoms with Gasteiger partial charge >= 0.3 is 59.1 Å². The second-order valence-corrected chi connectivity index (χ2v) is 4.64. The van der Waals surface area contributed by atoms with Crippen LogP contribution in [0.15, 0.2) is 5.76 Å². The minimum absolute atomic E-state index is 0. The van der Waals surface area contributed by atoms with Crippen LogP contribution in [0.25, 0.3) is 0 Å². The van der Waals surface area contributed by atoms with Crippen LogP contribution < -0.4 is 64.0 Å². The molecule has 94 valence electrons. The van der Waals surface area contributed by atoms with Gasteiger partial charge in [0, 0.05) is 12.4 Å².